The van der Waals surface area contributed by atoms with Crippen molar-refractivity contribution in [2.45, 2.75) is 19.0 Å². The molecule has 1 fully saturated rings. The predicted molar refractivity (Wildman–Crippen MR) is 45.2 cm³/mol. The Balaban J connectivity index is 2.71. The number of rotatable bonds is 1. The van der Waals surface area contributed by atoms with E-state index in [9.17, 15) is 21.6 Å². The Kier molecular flexibility index (Phi) is 3.10. The third-order valence-corrected chi connectivity index (χ3v) is 3.59. The van der Waals surface area contributed by atoms with E-state index in [1.165, 1.54) is 0 Å². The smallest absolute Gasteiger partial charge is 0.213 e. The van der Waals surface area contributed by atoms with Crippen LogP contribution < -0.4 is 0 Å². The molecule has 84 valence electrons. The number of sulfonamides is 1. The van der Waals surface area contributed by atoms with Crippen molar-refractivity contribution in [1.82, 2.24) is 4.31 Å². The molecule has 0 N–H and O–H groups in total. The topological polar surface area (TPSA) is 37.4 Å². The normalized spacial score (nSPS) is 26.4. The lowest BCUT2D eigenvalue weighted by Gasteiger charge is -2.31. The molecule has 1 rings (SSSR count). The van der Waals surface area contributed by atoms with Gasteiger partial charge in [0.05, 0.1) is 12.2 Å². The lowest BCUT2D eigenvalue weighted by Crippen LogP contribution is -2.44. The van der Waals surface area contributed by atoms with Crippen LogP contribution in [0.2, 0.25) is 0 Å². The minimum Gasteiger partial charge on any atom is -0.213 e. The van der Waals surface area contributed by atoms with Crippen LogP contribution >= 0.6 is 0 Å². The van der Waals surface area contributed by atoms with Crippen LogP contribution in [-0.4, -0.2) is 38.2 Å². The molecule has 3 nitrogen and oxygen atoms in total. The molecular weight excluding hydrogens is 219 g/mol. The first-order valence-electron chi connectivity index (χ1n) is 4.23. The van der Waals surface area contributed by atoms with Crippen LogP contribution in [0.1, 0.15) is 12.8 Å². The van der Waals surface area contributed by atoms with Crippen LogP contribution in [0.25, 0.3) is 0 Å². The maximum atomic E-state index is 12.3. The molecule has 1 saturated heterocycles. The van der Waals surface area contributed by atoms with E-state index in [1.807, 2.05) is 0 Å². The molecule has 0 bridgehead atoms. The van der Waals surface area contributed by atoms with E-state index >= 15 is 0 Å². The van der Waals surface area contributed by atoms with Crippen LogP contribution in [0.4, 0.5) is 13.2 Å². The van der Waals surface area contributed by atoms with Gasteiger partial charge in [0, 0.05) is 13.1 Å². The summed E-state index contributed by atoms with van der Waals surface area (Å²) in [7, 11) is -3.49. The Bertz CT molecular complexity index is 299. The van der Waals surface area contributed by atoms with E-state index < -0.39 is 28.7 Å². The monoisotopic (exact) mass is 231 g/mol. The molecule has 0 radical (unpaired) electrons. The van der Waals surface area contributed by atoms with Gasteiger partial charge in [-0.1, -0.05) is 0 Å². The van der Waals surface area contributed by atoms with Crippen molar-refractivity contribution in [2.24, 2.45) is 5.92 Å². The molecule has 7 heteroatoms. The van der Waals surface area contributed by atoms with Gasteiger partial charge in [-0.25, -0.2) is 12.7 Å². The van der Waals surface area contributed by atoms with Crippen molar-refractivity contribution in [3.05, 3.63) is 0 Å². The molecule has 1 aliphatic rings. The van der Waals surface area contributed by atoms with Gasteiger partial charge >= 0.3 is 6.18 Å². The van der Waals surface area contributed by atoms with Crippen molar-refractivity contribution >= 4 is 10.0 Å². The molecule has 0 saturated carbocycles. The molecule has 0 unspecified atom stereocenters. The number of piperidine rings is 1. The number of nitrogens with zero attached hydrogens (tertiary/aromatic N) is 1. The largest absolute Gasteiger partial charge is 0.393 e. The number of alkyl halides is 3. The number of halogens is 3. The van der Waals surface area contributed by atoms with Crippen molar-refractivity contribution < 1.29 is 21.6 Å². The van der Waals surface area contributed by atoms with E-state index in [-0.39, 0.29) is 19.4 Å². The first kappa shape index (κ1) is 11.8. The molecule has 1 aliphatic heterocycles. The van der Waals surface area contributed by atoms with Gasteiger partial charge in [-0.15, -0.1) is 0 Å². The Labute approximate surface area is 80.9 Å². The molecule has 1 heterocycles. The van der Waals surface area contributed by atoms with Crippen LogP contribution in [-0.2, 0) is 10.0 Å². The summed E-state index contributed by atoms with van der Waals surface area (Å²) in [4.78, 5) is 0. The second kappa shape index (κ2) is 3.69. The average molecular weight is 231 g/mol. The van der Waals surface area contributed by atoms with Crippen molar-refractivity contribution in [3.63, 3.8) is 0 Å². The minimum atomic E-state index is -4.29. The zero-order chi connectivity index (χ0) is 11.0. The summed E-state index contributed by atoms with van der Waals surface area (Å²) in [5, 5.41) is 0. The Hall–Kier alpha value is -0.300. The molecule has 0 aliphatic carbocycles. The van der Waals surface area contributed by atoms with Gasteiger partial charge in [-0.05, 0) is 12.8 Å². The summed E-state index contributed by atoms with van der Waals surface area (Å²) in [6.45, 7) is -0.228. The van der Waals surface area contributed by atoms with E-state index in [1.54, 1.807) is 0 Å². The standard InChI is InChI=1S/C7H12F3NO2S/c1-14(12,13)11-4-2-3-6(5-11)7(8,9)10/h6H,2-5H2,1H3/t6-/m1/s1. The van der Waals surface area contributed by atoms with Gasteiger partial charge < -0.3 is 0 Å². The molecule has 14 heavy (non-hydrogen) atoms. The fourth-order valence-corrected chi connectivity index (χ4v) is 2.42. The summed E-state index contributed by atoms with van der Waals surface area (Å²) >= 11 is 0. The van der Waals surface area contributed by atoms with E-state index in [2.05, 4.69) is 0 Å². The Morgan fingerprint density at radius 3 is 2.36 bits per heavy atom. The van der Waals surface area contributed by atoms with Crippen LogP contribution in [0.3, 0.4) is 0 Å². The van der Waals surface area contributed by atoms with Gasteiger partial charge in [0.2, 0.25) is 10.0 Å². The minimum absolute atomic E-state index is 0.0233. The SMILES string of the molecule is CS(=O)(=O)N1CCC[C@@H](C(F)(F)F)C1. The summed E-state index contributed by atoms with van der Waals surface area (Å²) < 4.78 is 59.8. The highest BCUT2D eigenvalue weighted by atomic mass is 32.2. The number of hydrogen-bond acceptors (Lipinski definition) is 2. The highest BCUT2D eigenvalue weighted by Crippen LogP contribution is 2.33. The maximum absolute atomic E-state index is 12.3. The summed E-state index contributed by atoms with van der Waals surface area (Å²) in [5.41, 5.74) is 0. The number of hydrogen-bond donors (Lipinski definition) is 0. The predicted octanol–water partition coefficient (Wildman–Crippen LogP) is 1.22. The van der Waals surface area contributed by atoms with E-state index in [0.717, 1.165) is 10.6 Å². The van der Waals surface area contributed by atoms with Crippen molar-refractivity contribution in [2.75, 3.05) is 19.3 Å². The second-order valence-electron chi connectivity index (χ2n) is 3.50. The molecule has 0 spiro atoms. The lowest BCUT2D eigenvalue weighted by molar-refractivity contribution is -0.182. The van der Waals surface area contributed by atoms with Crippen LogP contribution in [0, 0.1) is 5.92 Å². The lowest BCUT2D eigenvalue weighted by atomic mass is 9.99. The highest BCUT2D eigenvalue weighted by Gasteiger charge is 2.43. The third kappa shape index (κ3) is 2.84. The van der Waals surface area contributed by atoms with E-state index in [0.29, 0.717) is 0 Å². The quantitative estimate of drug-likeness (QED) is 0.680. The second-order valence-corrected chi connectivity index (χ2v) is 5.48. The zero-order valence-corrected chi connectivity index (χ0v) is 8.53. The first-order chi connectivity index (χ1) is 6.21. The fourth-order valence-electron chi connectivity index (χ4n) is 1.51. The maximum Gasteiger partial charge on any atom is 0.393 e. The van der Waals surface area contributed by atoms with Crippen molar-refractivity contribution in [1.29, 1.82) is 0 Å². The van der Waals surface area contributed by atoms with Gasteiger partial charge in [0.25, 0.3) is 0 Å². The van der Waals surface area contributed by atoms with Crippen LogP contribution in [0.5, 0.6) is 0 Å². The summed E-state index contributed by atoms with van der Waals surface area (Å²) in [6.07, 6.45) is -3.05. The Morgan fingerprint density at radius 2 is 1.93 bits per heavy atom. The molecule has 1 atom stereocenters. The van der Waals surface area contributed by atoms with Gasteiger partial charge in [0.1, 0.15) is 0 Å². The average Bonchev–Trinajstić information content (AvgIpc) is 2.01. The van der Waals surface area contributed by atoms with Gasteiger partial charge in [-0.3, -0.25) is 0 Å². The Morgan fingerprint density at radius 1 is 1.36 bits per heavy atom. The van der Waals surface area contributed by atoms with Gasteiger partial charge in [0.15, 0.2) is 0 Å². The molecule has 0 aromatic heterocycles. The third-order valence-electron chi connectivity index (χ3n) is 2.32. The van der Waals surface area contributed by atoms with Crippen LogP contribution in [0.15, 0.2) is 0 Å². The van der Waals surface area contributed by atoms with Crippen molar-refractivity contribution in [3.8, 4) is 0 Å². The van der Waals surface area contributed by atoms with E-state index in [4.69, 9.17) is 0 Å². The zero-order valence-electron chi connectivity index (χ0n) is 7.71. The fraction of sp³-hybridized carbons (Fsp3) is 1.00. The summed E-state index contributed by atoms with van der Waals surface area (Å²) in [5.74, 6) is -1.51. The highest BCUT2D eigenvalue weighted by molar-refractivity contribution is 7.88. The first-order valence-corrected chi connectivity index (χ1v) is 6.08. The molecule has 0 aromatic rings. The molecule has 0 aromatic carbocycles. The molecule has 0 amide bonds. The molecular formula is C7H12F3NO2S. The summed E-state index contributed by atoms with van der Waals surface area (Å²) in [6, 6.07) is 0. The van der Waals surface area contributed by atoms with Gasteiger partial charge in [-0.2, -0.15) is 13.2 Å².